The summed E-state index contributed by atoms with van der Waals surface area (Å²) in [6, 6.07) is 0.0426. The summed E-state index contributed by atoms with van der Waals surface area (Å²) >= 11 is 5.94. The SMILES string of the molecule is CC(C)c1c(Cl)[nH]c(=O)n(C2CCCC2)c1=O. The van der Waals surface area contributed by atoms with Gasteiger partial charge in [-0.1, -0.05) is 38.3 Å². The van der Waals surface area contributed by atoms with Gasteiger partial charge >= 0.3 is 5.69 Å². The molecular weight excluding hydrogens is 240 g/mol. The number of halogens is 1. The molecule has 17 heavy (non-hydrogen) atoms. The van der Waals surface area contributed by atoms with Crippen molar-refractivity contribution in [1.82, 2.24) is 9.55 Å². The van der Waals surface area contributed by atoms with Gasteiger partial charge in [-0.2, -0.15) is 0 Å². The summed E-state index contributed by atoms with van der Waals surface area (Å²) in [5, 5.41) is 0.184. The molecule has 1 aliphatic rings. The molecule has 1 fully saturated rings. The average Bonchev–Trinajstić information content (AvgIpc) is 2.69. The van der Waals surface area contributed by atoms with E-state index in [0.29, 0.717) is 5.56 Å². The molecule has 0 atom stereocenters. The fraction of sp³-hybridized carbons (Fsp3) is 0.667. The molecule has 5 heteroatoms. The molecule has 94 valence electrons. The van der Waals surface area contributed by atoms with Crippen molar-refractivity contribution in [3.8, 4) is 0 Å². The molecule has 0 spiro atoms. The molecule has 1 heterocycles. The molecule has 1 saturated carbocycles. The lowest BCUT2D eigenvalue weighted by molar-refractivity contribution is 0.473. The monoisotopic (exact) mass is 256 g/mol. The minimum Gasteiger partial charge on any atom is -0.297 e. The smallest absolute Gasteiger partial charge is 0.297 e. The van der Waals surface area contributed by atoms with Crippen molar-refractivity contribution in [2.24, 2.45) is 0 Å². The minimum absolute atomic E-state index is 0.0134. The molecule has 1 aliphatic carbocycles. The van der Waals surface area contributed by atoms with E-state index in [1.165, 1.54) is 4.57 Å². The van der Waals surface area contributed by atoms with E-state index >= 15 is 0 Å². The Bertz CT molecular complexity index is 524. The van der Waals surface area contributed by atoms with Crippen LogP contribution in [0.3, 0.4) is 0 Å². The summed E-state index contributed by atoms with van der Waals surface area (Å²) in [4.78, 5) is 26.7. The van der Waals surface area contributed by atoms with Crippen molar-refractivity contribution < 1.29 is 0 Å². The molecule has 0 amide bonds. The highest BCUT2D eigenvalue weighted by Crippen LogP contribution is 2.27. The Labute approximate surface area is 105 Å². The van der Waals surface area contributed by atoms with Crippen molar-refractivity contribution in [2.45, 2.75) is 51.5 Å². The summed E-state index contributed by atoms with van der Waals surface area (Å²) in [6.45, 7) is 3.81. The highest BCUT2D eigenvalue weighted by molar-refractivity contribution is 6.30. The lowest BCUT2D eigenvalue weighted by Crippen LogP contribution is -2.39. The molecule has 0 bridgehead atoms. The Morgan fingerprint density at radius 1 is 1.29 bits per heavy atom. The molecule has 4 nitrogen and oxygen atoms in total. The third-order valence-electron chi connectivity index (χ3n) is 3.39. The number of H-pyrrole nitrogens is 1. The van der Waals surface area contributed by atoms with Crippen LogP contribution < -0.4 is 11.2 Å². The van der Waals surface area contributed by atoms with Crippen molar-refractivity contribution >= 4 is 11.6 Å². The lowest BCUT2D eigenvalue weighted by Gasteiger charge is -2.15. The van der Waals surface area contributed by atoms with Crippen LogP contribution in [0.4, 0.5) is 0 Å². The van der Waals surface area contributed by atoms with Crippen LogP contribution in [0, 0.1) is 0 Å². The largest absolute Gasteiger partial charge is 0.329 e. The minimum atomic E-state index is -0.378. The molecule has 0 aromatic carbocycles. The van der Waals surface area contributed by atoms with E-state index in [-0.39, 0.29) is 28.4 Å². The summed E-state index contributed by atoms with van der Waals surface area (Å²) < 4.78 is 1.36. The zero-order valence-corrected chi connectivity index (χ0v) is 10.9. The van der Waals surface area contributed by atoms with Crippen LogP contribution in [0.5, 0.6) is 0 Å². The van der Waals surface area contributed by atoms with Crippen LogP contribution in [0.2, 0.25) is 5.15 Å². The number of aromatic nitrogens is 2. The third-order valence-corrected chi connectivity index (χ3v) is 3.69. The van der Waals surface area contributed by atoms with Crippen molar-refractivity contribution in [3.05, 3.63) is 31.6 Å². The predicted octanol–water partition coefficient (Wildman–Crippen LogP) is 2.43. The second-order valence-corrected chi connectivity index (χ2v) is 5.30. The molecule has 0 saturated heterocycles. The molecule has 1 aromatic heterocycles. The second-order valence-electron chi connectivity index (χ2n) is 4.93. The highest BCUT2D eigenvalue weighted by atomic mass is 35.5. The van der Waals surface area contributed by atoms with Crippen LogP contribution in [-0.2, 0) is 0 Å². The highest BCUT2D eigenvalue weighted by Gasteiger charge is 2.23. The first kappa shape index (κ1) is 12.4. The Balaban J connectivity index is 2.63. The van der Waals surface area contributed by atoms with Crippen LogP contribution in [-0.4, -0.2) is 9.55 Å². The fourth-order valence-corrected chi connectivity index (χ4v) is 2.91. The van der Waals surface area contributed by atoms with Crippen molar-refractivity contribution in [3.63, 3.8) is 0 Å². The third kappa shape index (κ3) is 2.18. The van der Waals surface area contributed by atoms with Gasteiger partial charge in [-0.25, -0.2) is 4.79 Å². The molecule has 0 aliphatic heterocycles. The first-order chi connectivity index (χ1) is 8.02. The fourth-order valence-electron chi connectivity index (χ4n) is 2.53. The van der Waals surface area contributed by atoms with E-state index in [2.05, 4.69) is 4.98 Å². The van der Waals surface area contributed by atoms with Crippen molar-refractivity contribution in [2.75, 3.05) is 0 Å². The topological polar surface area (TPSA) is 54.9 Å². The van der Waals surface area contributed by atoms with Gasteiger partial charge in [0.2, 0.25) is 0 Å². The van der Waals surface area contributed by atoms with E-state index in [1.807, 2.05) is 13.8 Å². The van der Waals surface area contributed by atoms with Gasteiger partial charge in [-0.3, -0.25) is 14.3 Å². The van der Waals surface area contributed by atoms with Gasteiger partial charge in [-0.05, 0) is 18.8 Å². The standard InChI is InChI=1S/C12H17ClN2O2/c1-7(2)9-10(13)14-12(17)15(11(9)16)8-5-3-4-6-8/h7-8H,3-6H2,1-2H3,(H,14,17). The van der Waals surface area contributed by atoms with E-state index in [1.54, 1.807) is 0 Å². The summed E-state index contributed by atoms with van der Waals surface area (Å²) in [5.74, 6) is 0.0134. The maximum Gasteiger partial charge on any atom is 0.329 e. The summed E-state index contributed by atoms with van der Waals surface area (Å²) in [5.41, 5.74) is -0.0879. The molecule has 0 radical (unpaired) electrons. The van der Waals surface area contributed by atoms with Crippen LogP contribution >= 0.6 is 11.6 Å². The zero-order chi connectivity index (χ0) is 12.6. The van der Waals surface area contributed by atoms with Gasteiger partial charge in [0, 0.05) is 6.04 Å². The van der Waals surface area contributed by atoms with Gasteiger partial charge in [0.15, 0.2) is 0 Å². The average molecular weight is 257 g/mol. The van der Waals surface area contributed by atoms with Gasteiger partial charge in [-0.15, -0.1) is 0 Å². The van der Waals surface area contributed by atoms with Crippen LogP contribution in [0.1, 0.15) is 57.1 Å². The predicted molar refractivity (Wildman–Crippen MR) is 67.9 cm³/mol. The normalized spacial score (nSPS) is 16.9. The molecule has 2 rings (SSSR count). The summed E-state index contributed by atoms with van der Waals surface area (Å²) in [6.07, 6.45) is 3.97. The van der Waals surface area contributed by atoms with Gasteiger partial charge in [0.1, 0.15) is 5.15 Å². The number of nitrogens with one attached hydrogen (secondary N) is 1. The Kier molecular flexibility index (Phi) is 3.43. The van der Waals surface area contributed by atoms with Crippen LogP contribution in [0.25, 0.3) is 0 Å². The number of hydrogen-bond donors (Lipinski definition) is 1. The van der Waals surface area contributed by atoms with Gasteiger partial charge < -0.3 is 0 Å². The number of hydrogen-bond acceptors (Lipinski definition) is 2. The number of rotatable bonds is 2. The molecule has 0 unspecified atom stereocenters. The maximum atomic E-state index is 12.3. The van der Waals surface area contributed by atoms with Crippen LogP contribution in [0.15, 0.2) is 9.59 Å². The van der Waals surface area contributed by atoms with E-state index in [0.717, 1.165) is 25.7 Å². The van der Waals surface area contributed by atoms with Crippen molar-refractivity contribution in [1.29, 1.82) is 0 Å². The first-order valence-corrected chi connectivity index (χ1v) is 6.44. The Morgan fingerprint density at radius 3 is 2.41 bits per heavy atom. The van der Waals surface area contributed by atoms with Gasteiger partial charge in [0.25, 0.3) is 5.56 Å². The lowest BCUT2D eigenvalue weighted by atomic mass is 10.1. The molecular formula is C12H17ClN2O2. The number of aromatic amines is 1. The Morgan fingerprint density at radius 2 is 1.88 bits per heavy atom. The Hall–Kier alpha value is -1.03. The van der Waals surface area contributed by atoms with E-state index < -0.39 is 0 Å². The van der Waals surface area contributed by atoms with E-state index in [9.17, 15) is 9.59 Å². The molecule has 1 N–H and O–H groups in total. The summed E-state index contributed by atoms with van der Waals surface area (Å²) in [7, 11) is 0. The second kappa shape index (κ2) is 4.69. The molecule has 1 aromatic rings. The van der Waals surface area contributed by atoms with Gasteiger partial charge in [0.05, 0.1) is 5.56 Å². The maximum absolute atomic E-state index is 12.3. The zero-order valence-electron chi connectivity index (χ0n) is 10.1. The number of nitrogens with zero attached hydrogens (tertiary/aromatic N) is 1. The quantitative estimate of drug-likeness (QED) is 0.827. The van der Waals surface area contributed by atoms with E-state index in [4.69, 9.17) is 11.6 Å². The first-order valence-electron chi connectivity index (χ1n) is 6.06.